The van der Waals surface area contributed by atoms with Crippen LogP contribution in [0.1, 0.15) is 5.56 Å². The van der Waals surface area contributed by atoms with Crippen LogP contribution < -0.4 is 16.0 Å². The standard InChI is InChI=1S/C21H24N4O2/c26-21-19(18-3-1-2-4-20(18)24-21)15-23-17-7-5-16(6-8-17)22-9-10-25-11-13-27-14-12-25/h1-8,15,22-23H,9-14H2,(H,24,26). The van der Waals surface area contributed by atoms with Crippen molar-refractivity contribution in [3.05, 3.63) is 60.3 Å². The van der Waals surface area contributed by atoms with Gasteiger partial charge in [-0.25, -0.2) is 0 Å². The minimum absolute atomic E-state index is 0.0786. The summed E-state index contributed by atoms with van der Waals surface area (Å²) >= 11 is 0. The third-order valence-corrected chi connectivity index (χ3v) is 4.84. The van der Waals surface area contributed by atoms with Gasteiger partial charge in [-0.05, 0) is 30.3 Å². The van der Waals surface area contributed by atoms with E-state index in [0.29, 0.717) is 5.57 Å². The highest BCUT2D eigenvalue weighted by Crippen LogP contribution is 2.31. The first-order valence-electron chi connectivity index (χ1n) is 9.31. The van der Waals surface area contributed by atoms with Crippen molar-refractivity contribution in [2.24, 2.45) is 0 Å². The quantitative estimate of drug-likeness (QED) is 0.688. The summed E-state index contributed by atoms with van der Waals surface area (Å²) in [6.45, 7) is 5.61. The highest BCUT2D eigenvalue weighted by molar-refractivity contribution is 6.31. The molecule has 2 aliphatic heterocycles. The zero-order valence-electron chi connectivity index (χ0n) is 15.2. The van der Waals surface area contributed by atoms with Crippen molar-refractivity contribution in [2.75, 3.05) is 55.3 Å². The van der Waals surface area contributed by atoms with E-state index in [2.05, 4.69) is 20.9 Å². The molecule has 0 radical (unpaired) electrons. The number of rotatable bonds is 6. The average Bonchev–Trinajstić information content (AvgIpc) is 3.03. The Bertz CT molecular complexity index is 826. The van der Waals surface area contributed by atoms with Crippen molar-refractivity contribution < 1.29 is 9.53 Å². The van der Waals surface area contributed by atoms with Crippen LogP contribution in [0.3, 0.4) is 0 Å². The van der Waals surface area contributed by atoms with E-state index in [9.17, 15) is 4.79 Å². The van der Waals surface area contributed by atoms with Crippen molar-refractivity contribution in [3.8, 4) is 0 Å². The number of hydrogen-bond acceptors (Lipinski definition) is 5. The molecule has 0 aliphatic carbocycles. The Morgan fingerprint density at radius 1 is 1.04 bits per heavy atom. The maximum Gasteiger partial charge on any atom is 0.257 e. The lowest BCUT2D eigenvalue weighted by molar-refractivity contribution is -0.110. The fourth-order valence-electron chi connectivity index (χ4n) is 3.31. The Kier molecular flexibility index (Phi) is 5.37. The molecule has 1 amide bonds. The number of nitrogens with zero attached hydrogens (tertiary/aromatic N) is 1. The number of amides is 1. The molecule has 140 valence electrons. The molecular formula is C21H24N4O2. The van der Waals surface area contributed by atoms with E-state index in [-0.39, 0.29) is 5.91 Å². The van der Waals surface area contributed by atoms with Gasteiger partial charge in [0, 0.05) is 55.0 Å². The number of nitrogens with one attached hydrogen (secondary N) is 3. The second-order valence-electron chi connectivity index (χ2n) is 6.66. The number of hydrogen-bond donors (Lipinski definition) is 3. The first kappa shape index (κ1) is 17.6. The molecule has 1 fully saturated rings. The lowest BCUT2D eigenvalue weighted by atomic mass is 10.1. The number of carbonyl (C=O) groups excluding carboxylic acids is 1. The van der Waals surface area contributed by atoms with Crippen LogP contribution in [0.4, 0.5) is 17.1 Å². The number of carbonyl (C=O) groups is 1. The SMILES string of the molecule is O=C1Nc2ccccc2C1=CNc1ccc(NCCN2CCOCC2)cc1. The Morgan fingerprint density at radius 3 is 2.59 bits per heavy atom. The molecule has 2 aromatic rings. The number of anilines is 3. The normalized spacial score (nSPS) is 18.2. The summed E-state index contributed by atoms with van der Waals surface area (Å²) in [7, 11) is 0. The lowest BCUT2D eigenvalue weighted by Gasteiger charge is -2.26. The molecule has 6 nitrogen and oxygen atoms in total. The molecule has 1 saturated heterocycles. The Morgan fingerprint density at radius 2 is 1.78 bits per heavy atom. The highest BCUT2D eigenvalue weighted by Gasteiger charge is 2.23. The molecule has 2 aromatic carbocycles. The molecule has 4 rings (SSSR count). The van der Waals surface area contributed by atoms with Crippen LogP contribution in [0.15, 0.2) is 54.7 Å². The van der Waals surface area contributed by atoms with Crippen LogP contribution in [0.5, 0.6) is 0 Å². The van der Waals surface area contributed by atoms with Gasteiger partial charge in [0.05, 0.1) is 18.8 Å². The zero-order valence-corrected chi connectivity index (χ0v) is 15.2. The summed E-state index contributed by atoms with van der Waals surface area (Å²) in [5.41, 5.74) is 4.47. The molecule has 0 unspecified atom stereocenters. The predicted octanol–water partition coefficient (Wildman–Crippen LogP) is 2.84. The Balaban J connectivity index is 1.31. The fraction of sp³-hybridized carbons (Fsp3) is 0.286. The summed E-state index contributed by atoms with van der Waals surface area (Å²) in [6.07, 6.45) is 1.77. The van der Waals surface area contributed by atoms with Gasteiger partial charge in [0.1, 0.15) is 0 Å². The van der Waals surface area contributed by atoms with E-state index in [4.69, 9.17) is 4.74 Å². The van der Waals surface area contributed by atoms with E-state index in [1.54, 1.807) is 6.20 Å². The van der Waals surface area contributed by atoms with Gasteiger partial charge in [0.15, 0.2) is 0 Å². The molecule has 0 atom stereocenters. The maximum absolute atomic E-state index is 12.1. The largest absolute Gasteiger partial charge is 0.384 e. The van der Waals surface area contributed by atoms with Crippen molar-refractivity contribution in [2.45, 2.75) is 0 Å². The van der Waals surface area contributed by atoms with E-state index in [1.165, 1.54) is 0 Å². The van der Waals surface area contributed by atoms with Crippen LogP contribution in [-0.2, 0) is 9.53 Å². The van der Waals surface area contributed by atoms with Gasteiger partial charge in [0.2, 0.25) is 0 Å². The number of benzene rings is 2. The second-order valence-corrected chi connectivity index (χ2v) is 6.66. The molecule has 0 bridgehead atoms. The first-order valence-corrected chi connectivity index (χ1v) is 9.31. The molecule has 0 saturated carbocycles. The van der Waals surface area contributed by atoms with Crippen LogP contribution in [0, 0.1) is 0 Å². The van der Waals surface area contributed by atoms with E-state index in [1.807, 2.05) is 48.5 Å². The average molecular weight is 364 g/mol. The van der Waals surface area contributed by atoms with Crippen molar-refractivity contribution in [3.63, 3.8) is 0 Å². The monoisotopic (exact) mass is 364 g/mol. The molecule has 0 aromatic heterocycles. The summed E-state index contributed by atoms with van der Waals surface area (Å²) in [5, 5.41) is 9.54. The lowest BCUT2D eigenvalue weighted by Crippen LogP contribution is -2.38. The third-order valence-electron chi connectivity index (χ3n) is 4.84. The molecule has 2 aliphatic rings. The zero-order chi connectivity index (χ0) is 18.5. The number of fused-ring (bicyclic) bond motifs is 1. The summed E-state index contributed by atoms with van der Waals surface area (Å²) in [4.78, 5) is 14.5. The summed E-state index contributed by atoms with van der Waals surface area (Å²) in [5.74, 6) is -0.0786. The topological polar surface area (TPSA) is 65.6 Å². The van der Waals surface area contributed by atoms with Crippen molar-refractivity contribution >= 4 is 28.5 Å². The predicted molar refractivity (Wildman–Crippen MR) is 109 cm³/mol. The smallest absolute Gasteiger partial charge is 0.257 e. The van der Waals surface area contributed by atoms with E-state index < -0.39 is 0 Å². The molecule has 6 heteroatoms. The van der Waals surface area contributed by atoms with Gasteiger partial charge in [0.25, 0.3) is 5.91 Å². The van der Waals surface area contributed by atoms with Gasteiger partial charge in [-0.3, -0.25) is 9.69 Å². The second kappa shape index (κ2) is 8.24. The van der Waals surface area contributed by atoms with E-state index >= 15 is 0 Å². The maximum atomic E-state index is 12.1. The molecule has 3 N–H and O–H groups in total. The van der Waals surface area contributed by atoms with Gasteiger partial charge >= 0.3 is 0 Å². The molecule has 27 heavy (non-hydrogen) atoms. The van der Waals surface area contributed by atoms with Crippen molar-refractivity contribution in [1.29, 1.82) is 0 Å². The van der Waals surface area contributed by atoms with Crippen LogP contribution in [-0.4, -0.2) is 50.2 Å². The highest BCUT2D eigenvalue weighted by atomic mass is 16.5. The number of para-hydroxylation sites is 1. The van der Waals surface area contributed by atoms with Gasteiger partial charge < -0.3 is 20.7 Å². The summed E-state index contributed by atoms with van der Waals surface area (Å²) in [6, 6.07) is 15.8. The minimum Gasteiger partial charge on any atom is -0.384 e. The Hall–Kier alpha value is -2.83. The third kappa shape index (κ3) is 4.30. The Labute approximate surface area is 159 Å². The van der Waals surface area contributed by atoms with Crippen LogP contribution in [0.25, 0.3) is 5.57 Å². The van der Waals surface area contributed by atoms with Gasteiger partial charge in [-0.15, -0.1) is 0 Å². The van der Waals surface area contributed by atoms with E-state index in [0.717, 1.165) is 62.0 Å². The summed E-state index contributed by atoms with van der Waals surface area (Å²) < 4.78 is 5.36. The molecule has 0 spiro atoms. The van der Waals surface area contributed by atoms with Crippen LogP contribution in [0.2, 0.25) is 0 Å². The van der Waals surface area contributed by atoms with Gasteiger partial charge in [-0.2, -0.15) is 0 Å². The molecular weight excluding hydrogens is 340 g/mol. The number of morpholine rings is 1. The number of ether oxygens (including phenoxy) is 1. The van der Waals surface area contributed by atoms with Crippen molar-refractivity contribution in [1.82, 2.24) is 4.90 Å². The minimum atomic E-state index is -0.0786. The first-order chi connectivity index (χ1) is 13.3. The fourth-order valence-corrected chi connectivity index (χ4v) is 3.31. The van der Waals surface area contributed by atoms with Gasteiger partial charge in [-0.1, -0.05) is 18.2 Å². The van der Waals surface area contributed by atoms with Crippen LogP contribution >= 0.6 is 0 Å². The molecule has 2 heterocycles.